The Hall–Kier alpha value is -2.43. The average Bonchev–Trinajstić information content (AvgIpc) is 2.50. The van der Waals surface area contributed by atoms with E-state index in [1.165, 1.54) is 24.7 Å². The fraction of sp³-hybridized carbons (Fsp3) is 0.312. The minimum atomic E-state index is -0.332. The lowest BCUT2D eigenvalue weighted by Crippen LogP contribution is -2.23. The molecule has 0 aliphatic heterocycles. The van der Waals surface area contributed by atoms with Gasteiger partial charge in [0.1, 0.15) is 5.69 Å². The molecule has 5 heteroatoms. The van der Waals surface area contributed by atoms with Gasteiger partial charge in [0.25, 0.3) is 11.5 Å². The summed E-state index contributed by atoms with van der Waals surface area (Å²) in [7, 11) is 1.51. The summed E-state index contributed by atoms with van der Waals surface area (Å²) in [5, 5.41) is 6.69. The number of benzene rings is 1. The van der Waals surface area contributed by atoms with Crippen molar-refractivity contribution in [1.29, 1.82) is 0 Å². The van der Waals surface area contributed by atoms with Crippen LogP contribution in [-0.4, -0.2) is 15.7 Å². The number of hydrogen-bond acceptors (Lipinski definition) is 3. The number of carbonyl (C=O) groups excluding carboxylic acids is 1. The monoisotopic (exact) mass is 285 g/mol. The first kappa shape index (κ1) is 15.0. The summed E-state index contributed by atoms with van der Waals surface area (Å²) in [6.07, 6.45) is 1.08. The molecule has 1 aromatic carbocycles. The van der Waals surface area contributed by atoms with Gasteiger partial charge < -0.3 is 5.32 Å². The van der Waals surface area contributed by atoms with E-state index >= 15 is 0 Å². The highest BCUT2D eigenvalue weighted by Crippen LogP contribution is 2.20. The van der Waals surface area contributed by atoms with Gasteiger partial charge in [0, 0.05) is 18.8 Å². The Balaban J connectivity index is 2.12. The molecule has 1 atom stereocenters. The van der Waals surface area contributed by atoms with E-state index in [4.69, 9.17) is 0 Å². The molecule has 2 rings (SSSR count). The SMILES string of the molecule is CCC(C)c1ccc(NC(=O)c2ccc(=O)n(C)n2)cc1. The Kier molecular flexibility index (Phi) is 4.52. The van der Waals surface area contributed by atoms with Gasteiger partial charge in [-0.3, -0.25) is 9.59 Å². The number of amides is 1. The quantitative estimate of drug-likeness (QED) is 0.939. The number of nitrogens with one attached hydrogen (secondary N) is 1. The highest BCUT2D eigenvalue weighted by Gasteiger charge is 2.09. The lowest BCUT2D eigenvalue weighted by Gasteiger charge is -2.10. The third kappa shape index (κ3) is 3.56. The molecule has 1 amide bonds. The van der Waals surface area contributed by atoms with Crippen molar-refractivity contribution in [2.24, 2.45) is 7.05 Å². The predicted molar refractivity (Wildman–Crippen MR) is 82.6 cm³/mol. The fourth-order valence-electron chi connectivity index (χ4n) is 1.95. The number of hydrogen-bond donors (Lipinski definition) is 1. The molecule has 2 aromatic rings. The summed E-state index contributed by atoms with van der Waals surface area (Å²) in [5.41, 5.74) is 1.92. The number of aryl methyl sites for hydroxylation is 1. The van der Waals surface area contributed by atoms with E-state index in [1.807, 2.05) is 24.3 Å². The van der Waals surface area contributed by atoms with Crippen molar-refractivity contribution in [3.8, 4) is 0 Å². The van der Waals surface area contributed by atoms with Gasteiger partial charge >= 0.3 is 0 Å². The maximum atomic E-state index is 12.1. The van der Waals surface area contributed by atoms with Gasteiger partial charge in [-0.1, -0.05) is 26.0 Å². The van der Waals surface area contributed by atoms with Gasteiger partial charge in [-0.25, -0.2) is 4.68 Å². The van der Waals surface area contributed by atoms with Crippen molar-refractivity contribution in [3.63, 3.8) is 0 Å². The first-order valence-electron chi connectivity index (χ1n) is 6.97. The van der Waals surface area contributed by atoms with Crippen LogP contribution in [-0.2, 0) is 7.05 Å². The van der Waals surface area contributed by atoms with E-state index in [0.717, 1.165) is 11.1 Å². The number of carbonyl (C=O) groups is 1. The molecule has 1 heterocycles. The van der Waals surface area contributed by atoms with Crippen LogP contribution >= 0.6 is 0 Å². The van der Waals surface area contributed by atoms with Gasteiger partial charge in [-0.05, 0) is 36.1 Å². The molecule has 110 valence electrons. The second-order valence-electron chi connectivity index (χ2n) is 5.07. The van der Waals surface area contributed by atoms with Crippen LogP contribution in [0.2, 0.25) is 0 Å². The van der Waals surface area contributed by atoms with E-state index in [9.17, 15) is 9.59 Å². The van der Waals surface area contributed by atoms with Crippen molar-refractivity contribution < 1.29 is 4.79 Å². The van der Waals surface area contributed by atoms with Crippen LogP contribution in [0.3, 0.4) is 0 Å². The Morgan fingerprint density at radius 2 is 1.90 bits per heavy atom. The summed E-state index contributed by atoms with van der Waals surface area (Å²) < 4.78 is 1.14. The Bertz CT molecular complexity index is 689. The largest absolute Gasteiger partial charge is 0.321 e. The van der Waals surface area contributed by atoms with Crippen LogP contribution < -0.4 is 10.9 Å². The van der Waals surface area contributed by atoms with Crippen LogP contribution in [0.15, 0.2) is 41.2 Å². The summed E-state index contributed by atoms with van der Waals surface area (Å²) in [5.74, 6) is 0.168. The highest BCUT2D eigenvalue weighted by atomic mass is 16.2. The number of anilines is 1. The maximum absolute atomic E-state index is 12.1. The Labute approximate surface area is 123 Å². The summed E-state index contributed by atoms with van der Waals surface area (Å²) in [6, 6.07) is 10.5. The van der Waals surface area contributed by atoms with E-state index < -0.39 is 0 Å². The van der Waals surface area contributed by atoms with Gasteiger partial charge in [-0.15, -0.1) is 0 Å². The van der Waals surface area contributed by atoms with Crippen LogP contribution in [0, 0.1) is 0 Å². The Morgan fingerprint density at radius 1 is 1.24 bits per heavy atom. The normalized spacial score (nSPS) is 12.0. The molecule has 0 radical (unpaired) electrons. The van der Waals surface area contributed by atoms with Gasteiger partial charge in [-0.2, -0.15) is 5.10 Å². The minimum absolute atomic E-state index is 0.211. The van der Waals surface area contributed by atoms with Crippen LogP contribution in [0.4, 0.5) is 5.69 Å². The van der Waals surface area contributed by atoms with Crippen molar-refractivity contribution >= 4 is 11.6 Å². The molecular formula is C16H19N3O2. The fourth-order valence-corrected chi connectivity index (χ4v) is 1.95. The van der Waals surface area contributed by atoms with Crippen molar-refractivity contribution in [3.05, 3.63) is 58.0 Å². The molecule has 1 aromatic heterocycles. The predicted octanol–water partition coefficient (Wildman–Crippen LogP) is 2.55. The van der Waals surface area contributed by atoms with Crippen LogP contribution in [0.5, 0.6) is 0 Å². The average molecular weight is 285 g/mol. The molecule has 0 spiro atoms. The zero-order valence-corrected chi connectivity index (χ0v) is 12.5. The summed E-state index contributed by atoms with van der Waals surface area (Å²) in [6.45, 7) is 4.31. The topological polar surface area (TPSA) is 64.0 Å². The highest BCUT2D eigenvalue weighted by molar-refractivity contribution is 6.02. The molecule has 1 unspecified atom stereocenters. The zero-order chi connectivity index (χ0) is 15.4. The smallest absolute Gasteiger partial charge is 0.276 e. The molecule has 0 fully saturated rings. The first-order valence-corrected chi connectivity index (χ1v) is 6.97. The molecule has 0 saturated carbocycles. The van der Waals surface area contributed by atoms with Crippen LogP contribution in [0.1, 0.15) is 42.2 Å². The molecule has 5 nitrogen and oxygen atoms in total. The van der Waals surface area contributed by atoms with E-state index in [0.29, 0.717) is 11.6 Å². The molecule has 1 N–H and O–H groups in total. The summed E-state index contributed by atoms with van der Waals surface area (Å²) in [4.78, 5) is 23.3. The Morgan fingerprint density at radius 3 is 2.48 bits per heavy atom. The summed E-state index contributed by atoms with van der Waals surface area (Å²) >= 11 is 0. The second-order valence-corrected chi connectivity index (χ2v) is 5.07. The minimum Gasteiger partial charge on any atom is -0.321 e. The molecule has 0 saturated heterocycles. The lowest BCUT2D eigenvalue weighted by atomic mass is 9.99. The lowest BCUT2D eigenvalue weighted by molar-refractivity contribution is 0.102. The van der Waals surface area contributed by atoms with E-state index in [1.54, 1.807) is 0 Å². The van der Waals surface area contributed by atoms with Crippen molar-refractivity contribution in [2.75, 3.05) is 5.32 Å². The molecule has 0 bridgehead atoms. The van der Waals surface area contributed by atoms with Gasteiger partial charge in [0.15, 0.2) is 0 Å². The third-order valence-electron chi connectivity index (χ3n) is 3.54. The number of nitrogens with zero attached hydrogens (tertiary/aromatic N) is 2. The van der Waals surface area contributed by atoms with Gasteiger partial charge in [0.05, 0.1) is 0 Å². The van der Waals surface area contributed by atoms with E-state index in [-0.39, 0.29) is 17.2 Å². The molecule has 0 aliphatic carbocycles. The van der Waals surface area contributed by atoms with Crippen molar-refractivity contribution in [1.82, 2.24) is 9.78 Å². The molecule has 21 heavy (non-hydrogen) atoms. The third-order valence-corrected chi connectivity index (χ3v) is 3.54. The standard InChI is InChI=1S/C16H19N3O2/c1-4-11(2)12-5-7-13(8-6-12)17-16(21)14-9-10-15(20)19(3)18-14/h5-11H,4H2,1-3H3,(H,17,21). The number of aromatic nitrogens is 2. The maximum Gasteiger partial charge on any atom is 0.276 e. The molecular weight excluding hydrogens is 266 g/mol. The molecule has 0 aliphatic rings. The van der Waals surface area contributed by atoms with E-state index in [2.05, 4.69) is 24.3 Å². The zero-order valence-electron chi connectivity index (χ0n) is 12.5. The first-order chi connectivity index (χ1) is 10.0. The second kappa shape index (κ2) is 6.35. The number of rotatable bonds is 4. The van der Waals surface area contributed by atoms with Crippen molar-refractivity contribution in [2.45, 2.75) is 26.2 Å². The van der Waals surface area contributed by atoms with Crippen LogP contribution in [0.25, 0.3) is 0 Å². The van der Waals surface area contributed by atoms with Gasteiger partial charge in [0.2, 0.25) is 0 Å².